The summed E-state index contributed by atoms with van der Waals surface area (Å²) in [6.07, 6.45) is 2.52. The third kappa shape index (κ3) is 3.96. The van der Waals surface area contributed by atoms with Crippen LogP contribution in [-0.2, 0) is 14.4 Å². The van der Waals surface area contributed by atoms with Crippen LogP contribution in [0.5, 0.6) is 0 Å². The van der Waals surface area contributed by atoms with E-state index in [2.05, 4.69) is 5.32 Å². The van der Waals surface area contributed by atoms with E-state index in [1.807, 2.05) is 0 Å². The quantitative estimate of drug-likeness (QED) is 0.554. The number of carbonyl (C=O) groups is 3. The van der Waals surface area contributed by atoms with Gasteiger partial charge >= 0.3 is 0 Å². The summed E-state index contributed by atoms with van der Waals surface area (Å²) >= 11 is 0. The van der Waals surface area contributed by atoms with Crippen LogP contribution in [0.15, 0.2) is 24.3 Å². The van der Waals surface area contributed by atoms with Crippen molar-refractivity contribution < 1.29 is 19.3 Å². The van der Waals surface area contributed by atoms with E-state index in [1.54, 1.807) is 0 Å². The molecule has 3 amide bonds. The van der Waals surface area contributed by atoms with Crippen molar-refractivity contribution >= 4 is 29.1 Å². The van der Waals surface area contributed by atoms with Gasteiger partial charge < -0.3 is 20.9 Å². The third-order valence-electron chi connectivity index (χ3n) is 5.22. The molecule has 3 rings (SSSR count). The molecular weight excluding hydrogens is 366 g/mol. The first-order chi connectivity index (χ1) is 13.4. The highest BCUT2D eigenvalue weighted by molar-refractivity contribution is 5.99. The van der Waals surface area contributed by atoms with Crippen molar-refractivity contribution in [3.05, 3.63) is 34.4 Å². The largest absolute Gasteiger partial charge is 0.330 e. The van der Waals surface area contributed by atoms with Crippen LogP contribution in [0, 0.1) is 10.1 Å². The summed E-state index contributed by atoms with van der Waals surface area (Å²) in [6, 6.07) is 4.33. The Balaban J connectivity index is 1.68. The number of likely N-dealkylation sites (tertiary alicyclic amines) is 2. The normalized spacial score (nSPS) is 21.6. The summed E-state index contributed by atoms with van der Waals surface area (Å²) in [7, 11) is 0. The molecule has 2 unspecified atom stereocenters. The highest BCUT2D eigenvalue weighted by Crippen LogP contribution is 2.26. The zero-order chi connectivity index (χ0) is 20.3. The number of nitrogens with two attached hydrogens (primary N) is 1. The monoisotopic (exact) mass is 389 g/mol. The van der Waals surface area contributed by atoms with Crippen LogP contribution < -0.4 is 11.1 Å². The lowest BCUT2D eigenvalue weighted by Gasteiger charge is -2.30. The van der Waals surface area contributed by atoms with Gasteiger partial charge in [-0.2, -0.15) is 0 Å². The molecular formula is C18H23N5O5. The number of hydrogen-bond donors (Lipinski definition) is 2. The molecule has 2 heterocycles. The average molecular weight is 389 g/mol. The van der Waals surface area contributed by atoms with Gasteiger partial charge in [0.05, 0.1) is 11.5 Å². The summed E-state index contributed by atoms with van der Waals surface area (Å²) < 4.78 is 0. The second kappa shape index (κ2) is 8.34. The molecule has 10 heteroatoms. The Hall–Kier alpha value is -3.01. The molecule has 150 valence electrons. The molecule has 1 aromatic rings. The van der Waals surface area contributed by atoms with Crippen molar-refractivity contribution in [2.24, 2.45) is 5.73 Å². The van der Waals surface area contributed by atoms with Crippen LogP contribution in [0.3, 0.4) is 0 Å². The Kier molecular flexibility index (Phi) is 5.88. The number of non-ortho nitro benzene ring substituents is 1. The standard InChI is InChI=1S/C18H23N5O5/c19-11-16(24)21-9-2-4-15(21)18(26)22-10-1-3-14(22)17(25)20-12-5-7-13(8-6-12)23(27)28/h5-8,14-15H,1-4,9-11,19H2,(H,20,25). The second-order valence-corrected chi connectivity index (χ2v) is 6.93. The third-order valence-corrected chi connectivity index (χ3v) is 5.22. The first-order valence-electron chi connectivity index (χ1n) is 9.27. The van der Waals surface area contributed by atoms with Crippen molar-refractivity contribution in [3.63, 3.8) is 0 Å². The summed E-state index contributed by atoms with van der Waals surface area (Å²) in [6.45, 7) is 0.812. The van der Waals surface area contributed by atoms with E-state index in [4.69, 9.17) is 5.73 Å². The maximum absolute atomic E-state index is 13.0. The van der Waals surface area contributed by atoms with Crippen molar-refractivity contribution in [1.29, 1.82) is 0 Å². The van der Waals surface area contributed by atoms with Gasteiger partial charge in [-0.15, -0.1) is 0 Å². The van der Waals surface area contributed by atoms with E-state index < -0.39 is 17.0 Å². The molecule has 1 aromatic carbocycles. The van der Waals surface area contributed by atoms with Gasteiger partial charge in [-0.25, -0.2) is 0 Å². The molecule has 0 aromatic heterocycles. The Bertz CT molecular complexity index is 781. The molecule has 2 atom stereocenters. The van der Waals surface area contributed by atoms with E-state index >= 15 is 0 Å². The minimum atomic E-state index is -0.627. The summed E-state index contributed by atoms with van der Waals surface area (Å²) in [5.41, 5.74) is 5.79. The van der Waals surface area contributed by atoms with E-state index in [0.29, 0.717) is 38.0 Å². The lowest BCUT2D eigenvalue weighted by molar-refractivity contribution is -0.384. The van der Waals surface area contributed by atoms with Crippen LogP contribution >= 0.6 is 0 Å². The predicted octanol–water partition coefficient (Wildman–Crippen LogP) is 0.474. The van der Waals surface area contributed by atoms with Gasteiger partial charge in [-0.05, 0) is 37.8 Å². The second-order valence-electron chi connectivity index (χ2n) is 6.93. The maximum atomic E-state index is 13.0. The molecule has 0 aliphatic carbocycles. The Morgan fingerprint density at radius 1 is 1.07 bits per heavy atom. The number of anilines is 1. The Labute approximate surface area is 161 Å². The van der Waals surface area contributed by atoms with Crippen LogP contribution in [0.2, 0.25) is 0 Å². The molecule has 3 N–H and O–H groups in total. The van der Waals surface area contributed by atoms with Crippen molar-refractivity contribution in [2.75, 3.05) is 25.0 Å². The van der Waals surface area contributed by atoms with E-state index in [1.165, 1.54) is 34.1 Å². The van der Waals surface area contributed by atoms with Gasteiger partial charge in [0, 0.05) is 30.9 Å². The zero-order valence-electron chi connectivity index (χ0n) is 15.4. The van der Waals surface area contributed by atoms with E-state index in [-0.39, 0.29) is 30.0 Å². The van der Waals surface area contributed by atoms with Gasteiger partial charge in [-0.1, -0.05) is 0 Å². The highest BCUT2D eigenvalue weighted by atomic mass is 16.6. The topological polar surface area (TPSA) is 139 Å². The smallest absolute Gasteiger partial charge is 0.269 e. The number of benzene rings is 1. The molecule has 2 fully saturated rings. The van der Waals surface area contributed by atoms with E-state index in [9.17, 15) is 24.5 Å². The minimum Gasteiger partial charge on any atom is -0.330 e. The molecule has 2 saturated heterocycles. The molecule has 2 aliphatic heterocycles. The van der Waals surface area contributed by atoms with Crippen LogP contribution in [-0.4, -0.2) is 64.2 Å². The first-order valence-corrected chi connectivity index (χ1v) is 9.27. The maximum Gasteiger partial charge on any atom is 0.269 e. The molecule has 2 aliphatic rings. The van der Waals surface area contributed by atoms with E-state index in [0.717, 1.165) is 6.42 Å². The zero-order valence-corrected chi connectivity index (χ0v) is 15.4. The molecule has 0 radical (unpaired) electrons. The number of amides is 3. The molecule has 0 saturated carbocycles. The van der Waals surface area contributed by atoms with Gasteiger partial charge in [-0.3, -0.25) is 24.5 Å². The summed E-state index contributed by atoms with van der Waals surface area (Å²) in [5, 5.41) is 13.4. The Morgan fingerprint density at radius 3 is 2.29 bits per heavy atom. The highest BCUT2D eigenvalue weighted by Gasteiger charge is 2.41. The fourth-order valence-corrected chi connectivity index (χ4v) is 3.83. The predicted molar refractivity (Wildman–Crippen MR) is 100 cm³/mol. The molecule has 10 nitrogen and oxygen atoms in total. The number of rotatable bonds is 5. The minimum absolute atomic E-state index is 0.0680. The number of nitro groups is 1. The lowest BCUT2D eigenvalue weighted by atomic mass is 10.1. The van der Waals surface area contributed by atoms with Crippen molar-refractivity contribution in [2.45, 2.75) is 37.8 Å². The van der Waals surface area contributed by atoms with Gasteiger partial charge in [0.1, 0.15) is 12.1 Å². The van der Waals surface area contributed by atoms with Crippen molar-refractivity contribution in [3.8, 4) is 0 Å². The molecule has 28 heavy (non-hydrogen) atoms. The van der Waals surface area contributed by atoms with Crippen LogP contribution in [0.1, 0.15) is 25.7 Å². The first kappa shape index (κ1) is 19.7. The molecule has 0 bridgehead atoms. The summed E-state index contributed by atoms with van der Waals surface area (Å²) in [4.78, 5) is 50.9. The average Bonchev–Trinajstić information content (AvgIpc) is 3.36. The number of hydrogen-bond acceptors (Lipinski definition) is 6. The summed E-state index contributed by atoms with van der Waals surface area (Å²) in [5.74, 6) is -0.822. The number of nitrogens with one attached hydrogen (secondary N) is 1. The Morgan fingerprint density at radius 2 is 1.68 bits per heavy atom. The van der Waals surface area contributed by atoms with Crippen molar-refractivity contribution in [1.82, 2.24) is 9.80 Å². The number of carbonyl (C=O) groups excluding carboxylic acids is 3. The van der Waals surface area contributed by atoms with Crippen LogP contribution in [0.25, 0.3) is 0 Å². The van der Waals surface area contributed by atoms with Gasteiger partial charge in [0.15, 0.2) is 0 Å². The fourth-order valence-electron chi connectivity index (χ4n) is 3.83. The fraction of sp³-hybridized carbons (Fsp3) is 0.500. The molecule has 0 spiro atoms. The van der Waals surface area contributed by atoms with Crippen LogP contribution in [0.4, 0.5) is 11.4 Å². The number of nitro benzene ring substituents is 1. The number of nitrogens with zero attached hydrogens (tertiary/aromatic N) is 3. The lowest BCUT2D eigenvalue weighted by Crippen LogP contribution is -2.52. The van der Waals surface area contributed by atoms with Gasteiger partial charge in [0.25, 0.3) is 5.69 Å². The SMILES string of the molecule is NCC(=O)N1CCCC1C(=O)N1CCCC1C(=O)Nc1ccc([N+](=O)[O-])cc1. The van der Waals surface area contributed by atoms with Gasteiger partial charge in [0.2, 0.25) is 17.7 Å².